The maximum atomic E-state index is 12.8. The molecule has 0 spiro atoms. The van der Waals surface area contributed by atoms with Crippen molar-refractivity contribution in [3.05, 3.63) is 81.7 Å². The molecule has 0 unspecified atom stereocenters. The standard InChI is InChI=1S/C21H22N2O4.C6H10N2/c1-11-10-21(2,3)15-5-4-6-16(17(11)15)23-19(25)13-8-7-12(20(26)27)9-14(13)18(22)24;1-5-4-6(2)8(3)7-5/h4-9,11H,10H2,1-3H3,(H2,22,24)(H,23,25)(H,26,27);4H,1-3H3/t11-;/m0./s1. The summed E-state index contributed by atoms with van der Waals surface area (Å²) in [4.78, 5) is 35.7. The van der Waals surface area contributed by atoms with E-state index in [1.165, 1.54) is 23.4 Å². The van der Waals surface area contributed by atoms with Crippen molar-refractivity contribution in [1.29, 1.82) is 0 Å². The van der Waals surface area contributed by atoms with Crippen LogP contribution in [-0.2, 0) is 12.5 Å². The normalized spacial score (nSPS) is 15.5. The molecule has 0 radical (unpaired) electrons. The molecular formula is C27H32N4O4. The van der Waals surface area contributed by atoms with Crippen LogP contribution in [0.2, 0.25) is 0 Å². The number of primary amides is 1. The summed E-state index contributed by atoms with van der Waals surface area (Å²) in [5, 5.41) is 16.1. The van der Waals surface area contributed by atoms with Crippen LogP contribution in [0.4, 0.5) is 5.69 Å². The van der Waals surface area contributed by atoms with Crippen molar-refractivity contribution in [2.24, 2.45) is 12.8 Å². The third kappa shape index (κ3) is 5.42. The van der Waals surface area contributed by atoms with Gasteiger partial charge in [0.25, 0.3) is 5.91 Å². The van der Waals surface area contributed by atoms with Crippen LogP contribution in [-0.4, -0.2) is 32.7 Å². The monoisotopic (exact) mass is 476 g/mol. The summed E-state index contributed by atoms with van der Waals surface area (Å²) in [6, 6.07) is 11.6. The predicted molar refractivity (Wildman–Crippen MR) is 135 cm³/mol. The van der Waals surface area contributed by atoms with E-state index in [0.29, 0.717) is 5.69 Å². The quantitative estimate of drug-likeness (QED) is 0.509. The first-order valence-corrected chi connectivity index (χ1v) is 11.4. The highest BCUT2D eigenvalue weighted by atomic mass is 16.4. The number of nitrogens with two attached hydrogens (primary N) is 1. The SMILES string of the molecule is C[C@H]1CC(C)(C)c2cccc(NC(=O)c3ccc(C(=O)O)cc3C(N)=O)c21.Cc1cc(C)n(C)n1. The van der Waals surface area contributed by atoms with Gasteiger partial charge in [0, 0.05) is 18.4 Å². The number of hydrogen-bond donors (Lipinski definition) is 3. The van der Waals surface area contributed by atoms with Crippen molar-refractivity contribution in [2.45, 2.75) is 52.4 Å². The maximum Gasteiger partial charge on any atom is 0.335 e. The number of carbonyl (C=O) groups excluding carboxylic acids is 2. The fourth-order valence-electron chi connectivity index (χ4n) is 4.78. The molecule has 2 amide bonds. The Morgan fingerprint density at radius 2 is 1.80 bits per heavy atom. The summed E-state index contributed by atoms with van der Waals surface area (Å²) in [5.41, 5.74) is 10.5. The van der Waals surface area contributed by atoms with Gasteiger partial charge in [-0.2, -0.15) is 5.10 Å². The van der Waals surface area contributed by atoms with Gasteiger partial charge in [0.2, 0.25) is 5.91 Å². The van der Waals surface area contributed by atoms with Gasteiger partial charge in [0.15, 0.2) is 0 Å². The highest BCUT2D eigenvalue weighted by Gasteiger charge is 2.36. The zero-order valence-corrected chi connectivity index (χ0v) is 21.0. The minimum absolute atomic E-state index is 0.0248. The Kier molecular flexibility index (Phi) is 7.14. The van der Waals surface area contributed by atoms with Crippen molar-refractivity contribution in [2.75, 3.05) is 5.32 Å². The van der Waals surface area contributed by atoms with Crippen LogP contribution in [0.3, 0.4) is 0 Å². The number of nitrogens with zero attached hydrogens (tertiary/aromatic N) is 2. The molecule has 4 N–H and O–H groups in total. The van der Waals surface area contributed by atoms with Gasteiger partial charge < -0.3 is 16.2 Å². The lowest BCUT2D eigenvalue weighted by Crippen LogP contribution is -2.21. The van der Waals surface area contributed by atoms with Crippen molar-refractivity contribution < 1.29 is 19.5 Å². The number of amides is 2. The smallest absolute Gasteiger partial charge is 0.335 e. The maximum absolute atomic E-state index is 12.8. The lowest BCUT2D eigenvalue weighted by molar-refractivity contribution is 0.0696. The summed E-state index contributed by atoms with van der Waals surface area (Å²) in [6.45, 7) is 10.5. The van der Waals surface area contributed by atoms with Crippen molar-refractivity contribution >= 4 is 23.5 Å². The first kappa shape index (κ1) is 25.7. The zero-order chi connectivity index (χ0) is 26.1. The highest BCUT2D eigenvalue weighted by molar-refractivity contribution is 6.13. The molecule has 0 aliphatic heterocycles. The Labute approximate surface area is 205 Å². The van der Waals surface area contributed by atoms with Crippen LogP contribution < -0.4 is 11.1 Å². The lowest BCUT2D eigenvalue weighted by atomic mass is 9.86. The molecule has 0 fully saturated rings. The largest absolute Gasteiger partial charge is 0.478 e. The van der Waals surface area contributed by atoms with Crippen molar-refractivity contribution in [1.82, 2.24) is 9.78 Å². The van der Waals surface area contributed by atoms with Crippen molar-refractivity contribution in [3.8, 4) is 0 Å². The molecule has 1 aliphatic rings. The van der Waals surface area contributed by atoms with E-state index in [-0.39, 0.29) is 28.0 Å². The molecule has 35 heavy (non-hydrogen) atoms. The zero-order valence-electron chi connectivity index (χ0n) is 21.0. The fraction of sp³-hybridized carbons (Fsp3) is 0.333. The summed E-state index contributed by atoms with van der Waals surface area (Å²) in [6.07, 6.45) is 0.981. The second kappa shape index (κ2) is 9.74. The number of benzene rings is 2. The van der Waals surface area contributed by atoms with Gasteiger partial charge in [0.05, 0.1) is 22.4 Å². The summed E-state index contributed by atoms with van der Waals surface area (Å²) >= 11 is 0. The first-order valence-electron chi connectivity index (χ1n) is 11.4. The van der Waals surface area contributed by atoms with Crippen molar-refractivity contribution in [3.63, 3.8) is 0 Å². The lowest BCUT2D eigenvalue weighted by Gasteiger charge is -2.19. The minimum atomic E-state index is -1.19. The van der Waals surface area contributed by atoms with Crippen LogP contribution >= 0.6 is 0 Å². The summed E-state index contributed by atoms with van der Waals surface area (Å²) in [5.74, 6) is -2.25. The molecule has 184 valence electrons. The minimum Gasteiger partial charge on any atom is -0.478 e. The summed E-state index contributed by atoms with van der Waals surface area (Å²) in [7, 11) is 1.95. The highest BCUT2D eigenvalue weighted by Crippen LogP contribution is 2.48. The van der Waals surface area contributed by atoms with Crippen LogP contribution in [0.5, 0.6) is 0 Å². The average molecular weight is 477 g/mol. The number of aromatic nitrogens is 2. The summed E-state index contributed by atoms with van der Waals surface area (Å²) < 4.78 is 1.87. The molecule has 0 saturated heterocycles. The van der Waals surface area contributed by atoms with E-state index < -0.39 is 17.8 Å². The molecule has 8 heteroatoms. The van der Waals surface area contributed by atoms with E-state index in [1.807, 2.05) is 37.7 Å². The Morgan fingerprint density at radius 3 is 2.31 bits per heavy atom. The molecule has 1 atom stereocenters. The average Bonchev–Trinajstić information content (AvgIpc) is 3.20. The molecule has 2 aromatic carbocycles. The molecule has 8 nitrogen and oxygen atoms in total. The number of nitrogens with one attached hydrogen (secondary N) is 1. The van der Waals surface area contributed by atoms with E-state index in [4.69, 9.17) is 10.8 Å². The molecular weight excluding hydrogens is 444 g/mol. The van der Waals surface area contributed by atoms with Gasteiger partial charge in [-0.05, 0) is 73.1 Å². The third-order valence-corrected chi connectivity index (χ3v) is 6.41. The van der Waals surface area contributed by atoms with Gasteiger partial charge in [-0.25, -0.2) is 4.79 Å². The number of fused-ring (bicyclic) bond motifs is 1. The molecule has 1 aliphatic carbocycles. The van der Waals surface area contributed by atoms with E-state index in [0.717, 1.165) is 23.7 Å². The van der Waals surface area contributed by atoms with Gasteiger partial charge >= 0.3 is 5.97 Å². The first-order chi connectivity index (χ1) is 16.3. The molecule has 0 bridgehead atoms. The molecule has 1 heterocycles. The second-order valence-corrected chi connectivity index (χ2v) is 9.69. The Hall–Kier alpha value is -3.94. The number of carboxylic acids is 1. The fourth-order valence-corrected chi connectivity index (χ4v) is 4.78. The molecule has 4 rings (SSSR count). The number of carbonyl (C=O) groups is 3. The number of aryl methyl sites for hydroxylation is 3. The topological polar surface area (TPSA) is 127 Å². The van der Waals surface area contributed by atoms with E-state index in [1.54, 1.807) is 0 Å². The predicted octanol–water partition coefficient (Wildman–Crippen LogP) is 4.56. The molecule has 3 aromatic rings. The van der Waals surface area contributed by atoms with Gasteiger partial charge in [0.1, 0.15) is 0 Å². The van der Waals surface area contributed by atoms with Crippen LogP contribution in [0.15, 0.2) is 42.5 Å². The number of hydrogen-bond acceptors (Lipinski definition) is 4. The van der Waals surface area contributed by atoms with E-state index in [9.17, 15) is 14.4 Å². The number of carboxylic acid groups (broad SMARTS) is 1. The van der Waals surface area contributed by atoms with Gasteiger partial charge in [-0.3, -0.25) is 14.3 Å². The van der Waals surface area contributed by atoms with Crippen LogP contribution in [0.1, 0.15) is 86.7 Å². The Balaban J connectivity index is 0.000000363. The Morgan fingerprint density at radius 1 is 1.11 bits per heavy atom. The number of aromatic carboxylic acids is 1. The van der Waals surface area contributed by atoms with Crippen LogP contribution in [0.25, 0.3) is 0 Å². The van der Waals surface area contributed by atoms with E-state index in [2.05, 4.69) is 43.3 Å². The molecule has 1 aromatic heterocycles. The third-order valence-electron chi connectivity index (χ3n) is 6.41. The number of rotatable bonds is 4. The van der Waals surface area contributed by atoms with Crippen LogP contribution in [0, 0.1) is 13.8 Å². The van der Waals surface area contributed by atoms with E-state index >= 15 is 0 Å². The van der Waals surface area contributed by atoms with Gasteiger partial charge in [-0.15, -0.1) is 0 Å². The second-order valence-electron chi connectivity index (χ2n) is 9.69. The Bertz CT molecular complexity index is 1290. The molecule has 0 saturated carbocycles. The van der Waals surface area contributed by atoms with Gasteiger partial charge in [-0.1, -0.05) is 32.9 Å². The number of anilines is 1.